The lowest BCUT2D eigenvalue weighted by atomic mass is 10.1. The molecule has 118 valence electrons. The molecule has 0 aliphatic heterocycles. The first-order valence-corrected chi connectivity index (χ1v) is 8.00. The number of methoxy groups -OCH3 is 1. The van der Waals surface area contributed by atoms with Gasteiger partial charge < -0.3 is 9.72 Å². The maximum atomic E-state index is 6.34. The maximum Gasteiger partial charge on any atom is 0.139 e. The fourth-order valence-corrected chi connectivity index (χ4v) is 3.05. The molecule has 0 aliphatic carbocycles. The molecule has 4 aromatic rings. The Hall–Kier alpha value is -2.78. The summed E-state index contributed by atoms with van der Waals surface area (Å²) in [6, 6.07) is 16.0. The van der Waals surface area contributed by atoms with Crippen molar-refractivity contribution in [2.45, 2.75) is 0 Å². The predicted molar refractivity (Wildman–Crippen MR) is 101 cm³/mol. The quantitative estimate of drug-likeness (QED) is 0.499. The number of benzene rings is 2. The molecule has 4 rings (SSSR count). The number of pyridine rings is 1. The first-order chi connectivity index (χ1) is 11.7. The Kier molecular flexibility index (Phi) is 3.71. The Morgan fingerprint density at radius 1 is 1.00 bits per heavy atom. The summed E-state index contributed by atoms with van der Waals surface area (Å²) in [7, 11) is 1.67. The van der Waals surface area contributed by atoms with E-state index in [-0.39, 0.29) is 0 Å². The summed E-state index contributed by atoms with van der Waals surface area (Å²) in [6.45, 7) is 0. The first kappa shape index (κ1) is 14.8. The third-order valence-electron chi connectivity index (χ3n) is 4.05. The molecule has 3 nitrogen and oxygen atoms in total. The van der Waals surface area contributed by atoms with E-state index >= 15 is 0 Å². The standard InChI is InChI=1S/C20H15ClN2O/c1-24-15-7-4-13(5-8-15)2-3-14-6-9-18-16(12-14)19-17(21)10-11-22-20(19)23-18/h2-12H,1H3,(H,22,23). The molecule has 0 saturated heterocycles. The van der Waals surface area contributed by atoms with Gasteiger partial charge in [-0.2, -0.15) is 0 Å². The number of fused-ring (bicyclic) bond motifs is 3. The minimum Gasteiger partial charge on any atom is -0.497 e. The average molecular weight is 335 g/mol. The molecule has 2 aromatic heterocycles. The summed E-state index contributed by atoms with van der Waals surface area (Å²) in [5.41, 5.74) is 4.08. The van der Waals surface area contributed by atoms with Gasteiger partial charge in [0.05, 0.1) is 12.1 Å². The summed E-state index contributed by atoms with van der Waals surface area (Å²) >= 11 is 6.34. The topological polar surface area (TPSA) is 37.9 Å². The zero-order valence-corrected chi connectivity index (χ0v) is 13.8. The zero-order chi connectivity index (χ0) is 16.5. The Bertz CT molecular complexity index is 1050. The van der Waals surface area contributed by atoms with Crippen LogP contribution < -0.4 is 4.74 Å². The van der Waals surface area contributed by atoms with Crippen LogP contribution in [-0.4, -0.2) is 17.1 Å². The molecule has 4 heteroatoms. The SMILES string of the molecule is COc1ccc(C=Cc2ccc3[nH]c4nccc(Cl)c4c3c2)cc1. The van der Waals surface area contributed by atoms with Crippen molar-refractivity contribution in [3.63, 3.8) is 0 Å². The van der Waals surface area contributed by atoms with Gasteiger partial charge in [-0.15, -0.1) is 0 Å². The lowest BCUT2D eigenvalue weighted by molar-refractivity contribution is 0.415. The van der Waals surface area contributed by atoms with Gasteiger partial charge in [-0.3, -0.25) is 0 Å². The number of nitrogens with one attached hydrogen (secondary N) is 1. The fourth-order valence-electron chi connectivity index (χ4n) is 2.81. The van der Waals surface area contributed by atoms with Crippen LogP contribution in [0, 0.1) is 0 Å². The van der Waals surface area contributed by atoms with E-state index in [2.05, 4.69) is 40.3 Å². The lowest BCUT2D eigenvalue weighted by Crippen LogP contribution is -1.81. The second-order valence-electron chi connectivity index (χ2n) is 5.55. The van der Waals surface area contributed by atoms with Crippen molar-refractivity contribution in [3.8, 4) is 5.75 Å². The number of halogens is 1. The molecule has 1 N–H and O–H groups in total. The Balaban J connectivity index is 1.74. The van der Waals surface area contributed by atoms with E-state index in [1.165, 1.54) is 0 Å². The summed E-state index contributed by atoms with van der Waals surface area (Å²) in [6.07, 6.45) is 5.88. The van der Waals surface area contributed by atoms with Gasteiger partial charge in [0.15, 0.2) is 0 Å². The molecular formula is C20H15ClN2O. The Morgan fingerprint density at radius 2 is 1.75 bits per heavy atom. The van der Waals surface area contributed by atoms with Gasteiger partial charge in [0.25, 0.3) is 0 Å². The van der Waals surface area contributed by atoms with Crippen LogP contribution in [0.2, 0.25) is 5.02 Å². The Morgan fingerprint density at radius 3 is 2.54 bits per heavy atom. The van der Waals surface area contributed by atoms with Crippen LogP contribution in [0.15, 0.2) is 54.7 Å². The molecule has 0 unspecified atom stereocenters. The molecule has 2 heterocycles. The highest BCUT2D eigenvalue weighted by Gasteiger charge is 2.08. The van der Waals surface area contributed by atoms with Crippen molar-refractivity contribution in [3.05, 3.63) is 70.9 Å². The van der Waals surface area contributed by atoms with Crippen LogP contribution in [0.3, 0.4) is 0 Å². The second kappa shape index (κ2) is 6.02. The van der Waals surface area contributed by atoms with E-state index in [0.29, 0.717) is 5.02 Å². The van der Waals surface area contributed by atoms with Crippen molar-refractivity contribution < 1.29 is 4.74 Å². The first-order valence-electron chi connectivity index (χ1n) is 7.63. The van der Waals surface area contributed by atoms with E-state index in [0.717, 1.165) is 38.8 Å². The second-order valence-corrected chi connectivity index (χ2v) is 5.96. The fraction of sp³-hybridized carbons (Fsp3) is 0.0500. The van der Waals surface area contributed by atoms with Gasteiger partial charge in [0, 0.05) is 22.5 Å². The van der Waals surface area contributed by atoms with Crippen LogP contribution in [0.4, 0.5) is 0 Å². The summed E-state index contributed by atoms with van der Waals surface area (Å²) < 4.78 is 5.18. The molecule has 0 radical (unpaired) electrons. The lowest BCUT2D eigenvalue weighted by Gasteiger charge is -2.00. The van der Waals surface area contributed by atoms with Gasteiger partial charge in [-0.05, 0) is 41.5 Å². The van der Waals surface area contributed by atoms with Crippen molar-refractivity contribution >= 4 is 45.7 Å². The number of nitrogens with zero attached hydrogens (tertiary/aromatic N) is 1. The molecule has 0 aliphatic rings. The zero-order valence-electron chi connectivity index (χ0n) is 13.1. The number of hydrogen-bond donors (Lipinski definition) is 1. The van der Waals surface area contributed by atoms with E-state index in [4.69, 9.17) is 16.3 Å². The number of hydrogen-bond acceptors (Lipinski definition) is 2. The molecule has 0 saturated carbocycles. The number of aromatic nitrogens is 2. The number of rotatable bonds is 3. The largest absolute Gasteiger partial charge is 0.497 e. The molecule has 0 amide bonds. The third-order valence-corrected chi connectivity index (χ3v) is 4.37. The monoisotopic (exact) mass is 334 g/mol. The van der Waals surface area contributed by atoms with Crippen molar-refractivity contribution in [2.75, 3.05) is 7.11 Å². The molecule has 0 fully saturated rings. The van der Waals surface area contributed by atoms with Gasteiger partial charge >= 0.3 is 0 Å². The van der Waals surface area contributed by atoms with Crippen molar-refractivity contribution in [1.82, 2.24) is 9.97 Å². The maximum absolute atomic E-state index is 6.34. The minimum absolute atomic E-state index is 0.711. The van der Waals surface area contributed by atoms with Gasteiger partial charge in [-0.1, -0.05) is 42.0 Å². The molecular weight excluding hydrogens is 320 g/mol. The number of ether oxygens (including phenoxy) is 1. The van der Waals surface area contributed by atoms with E-state index < -0.39 is 0 Å². The Labute approximate surface area is 144 Å². The highest BCUT2D eigenvalue weighted by molar-refractivity contribution is 6.37. The molecule has 0 atom stereocenters. The van der Waals surface area contributed by atoms with Gasteiger partial charge in [-0.25, -0.2) is 4.98 Å². The van der Waals surface area contributed by atoms with Crippen LogP contribution in [-0.2, 0) is 0 Å². The van der Waals surface area contributed by atoms with Crippen LogP contribution in [0.5, 0.6) is 5.75 Å². The third kappa shape index (κ3) is 2.63. The highest BCUT2D eigenvalue weighted by Crippen LogP contribution is 2.31. The summed E-state index contributed by atoms with van der Waals surface area (Å²) in [5.74, 6) is 0.856. The van der Waals surface area contributed by atoms with E-state index in [1.54, 1.807) is 13.3 Å². The predicted octanol–water partition coefficient (Wildman–Crippen LogP) is 5.55. The van der Waals surface area contributed by atoms with Crippen LogP contribution in [0.1, 0.15) is 11.1 Å². The van der Waals surface area contributed by atoms with Gasteiger partial charge in [0.2, 0.25) is 0 Å². The molecule has 0 spiro atoms. The number of aromatic amines is 1. The smallest absolute Gasteiger partial charge is 0.139 e. The highest BCUT2D eigenvalue weighted by atomic mass is 35.5. The van der Waals surface area contributed by atoms with E-state index in [9.17, 15) is 0 Å². The van der Waals surface area contributed by atoms with Crippen molar-refractivity contribution in [2.24, 2.45) is 0 Å². The summed E-state index contributed by atoms with van der Waals surface area (Å²) in [5, 5.41) is 2.76. The minimum atomic E-state index is 0.711. The molecule has 24 heavy (non-hydrogen) atoms. The van der Waals surface area contributed by atoms with Crippen LogP contribution >= 0.6 is 11.6 Å². The van der Waals surface area contributed by atoms with E-state index in [1.807, 2.05) is 30.3 Å². The normalized spacial score (nSPS) is 11.6. The van der Waals surface area contributed by atoms with Crippen molar-refractivity contribution in [1.29, 1.82) is 0 Å². The summed E-state index contributed by atoms with van der Waals surface area (Å²) in [4.78, 5) is 7.65. The number of H-pyrrole nitrogens is 1. The molecule has 0 bridgehead atoms. The molecule has 2 aromatic carbocycles. The average Bonchev–Trinajstić information content (AvgIpc) is 2.99. The van der Waals surface area contributed by atoms with Gasteiger partial charge in [0.1, 0.15) is 11.4 Å². The van der Waals surface area contributed by atoms with Crippen LogP contribution in [0.25, 0.3) is 34.1 Å².